The van der Waals surface area contributed by atoms with Gasteiger partial charge in [0.15, 0.2) is 0 Å². The number of aliphatic hydroxyl groups excluding tert-OH is 2. The quantitative estimate of drug-likeness (QED) is 0.263. The third-order valence-electron chi connectivity index (χ3n) is 6.50. The molecule has 0 spiro atoms. The number of fused-ring (bicyclic) bond motifs is 1. The molecule has 1 aliphatic heterocycles. The largest absolute Gasteiger partial charge is 0.497 e. The van der Waals surface area contributed by atoms with Crippen molar-refractivity contribution in [2.75, 3.05) is 33.3 Å². The Morgan fingerprint density at radius 1 is 1.05 bits per heavy atom. The third kappa shape index (κ3) is 8.77. The van der Waals surface area contributed by atoms with Crippen LogP contribution in [0.25, 0.3) is 10.9 Å². The Morgan fingerprint density at radius 2 is 1.74 bits per heavy atom. The highest BCUT2D eigenvalue weighted by Crippen LogP contribution is 2.27. The van der Waals surface area contributed by atoms with Crippen molar-refractivity contribution in [1.29, 1.82) is 0 Å². The molecule has 1 aromatic heterocycles. The Kier molecular flexibility index (Phi) is 11.0. The number of rotatable bonds is 9. The molecule has 1 unspecified atom stereocenters. The van der Waals surface area contributed by atoms with Crippen molar-refractivity contribution in [2.24, 2.45) is 0 Å². The van der Waals surface area contributed by atoms with Crippen molar-refractivity contribution in [1.82, 2.24) is 15.2 Å². The van der Waals surface area contributed by atoms with Crippen molar-refractivity contribution in [3.05, 3.63) is 71.9 Å². The number of nitrogens with one attached hydrogen (secondary N) is 1. The van der Waals surface area contributed by atoms with Crippen LogP contribution in [0, 0.1) is 0 Å². The Labute approximate surface area is 221 Å². The molecule has 1 saturated heterocycles. The first kappa shape index (κ1) is 29.0. The van der Waals surface area contributed by atoms with Gasteiger partial charge in [0.1, 0.15) is 5.75 Å². The smallest absolute Gasteiger partial charge is 0.414 e. The summed E-state index contributed by atoms with van der Waals surface area (Å²) in [5.74, 6) is -2.88. The molecule has 38 heavy (non-hydrogen) atoms. The lowest BCUT2D eigenvalue weighted by atomic mass is 10.0. The van der Waals surface area contributed by atoms with Gasteiger partial charge in [0.2, 0.25) is 0 Å². The minimum absolute atomic E-state index is 0.380. The van der Waals surface area contributed by atoms with E-state index >= 15 is 0 Å². The van der Waals surface area contributed by atoms with Crippen molar-refractivity contribution in [3.63, 3.8) is 0 Å². The van der Waals surface area contributed by atoms with Gasteiger partial charge in [0.25, 0.3) is 0 Å². The summed E-state index contributed by atoms with van der Waals surface area (Å²) in [5, 5.41) is 40.5. The zero-order valence-corrected chi connectivity index (χ0v) is 21.4. The van der Waals surface area contributed by atoms with E-state index in [1.165, 1.54) is 0 Å². The van der Waals surface area contributed by atoms with E-state index in [4.69, 9.17) is 24.5 Å². The monoisotopic (exact) mass is 525 g/mol. The molecule has 0 aliphatic carbocycles. The zero-order chi connectivity index (χ0) is 27.5. The standard InChI is InChI=1S/C26H33N3O3.C2H2O4/c1-32-22-7-8-25-24(16-22)23(9-12-27-25)26(31)18-29-13-10-20(11-14-29)28-17-21(30)15-19-5-3-2-4-6-19;3-1(4)2(5)6/h2-9,12,16,20-21,26,28,30-31H,10-11,13-15,17-18H2,1H3;(H,3,4)(H,5,6)/t21?,26-;/m0./s1. The number of pyridine rings is 1. The first-order valence-corrected chi connectivity index (χ1v) is 12.5. The zero-order valence-electron chi connectivity index (χ0n) is 21.4. The molecule has 204 valence electrons. The Balaban J connectivity index is 0.000000599. The van der Waals surface area contributed by atoms with Crippen molar-refractivity contribution < 1.29 is 34.8 Å². The number of ether oxygens (including phenoxy) is 1. The maximum absolute atomic E-state index is 11.0. The lowest BCUT2D eigenvalue weighted by Gasteiger charge is -2.34. The molecule has 2 aromatic carbocycles. The highest BCUT2D eigenvalue weighted by atomic mass is 16.5. The van der Waals surface area contributed by atoms with E-state index in [9.17, 15) is 10.2 Å². The number of aliphatic carboxylic acids is 2. The number of hydrogen-bond donors (Lipinski definition) is 5. The lowest BCUT2D eigenvalue weighted by Crippen LogP contribution is -2.45. The van der Waals surface area contributed by atoms with Gasteiger partial charge in [-0.1, -0.05) is 30.3 Å². The van der Waals surface area contributed by atoms with Gasteiger partial charge in [-0.15, -0.1) is 0 Å². The maximum Gasteiger partial charge on any atom is 0.414 e. The summed E-state index contributed by atoms with van der Waals surface area (Å²) in [5.41, 5.74) is 2.91. The van der Waals surface area contributed by atoms with Crippen LogP contribution < -0.4 is 10.1 Å². The molecule has 0 bridgehead atoms. The van der Waals surface area contributed by atoms with E-state index < -0.39 is 18.0 Å². The number of methoxy groups -OCH3 is 1. The molecule has 1 aliphatic rings. The molecule has 2 heterocycles. The van der Waals surface area contributed by atoms with Crippen LogP contribution in [0.1, 0.15) is 30.1 Å². The van der Waals surface area contributed by atoms with Gasteiger partial charge in [-0.3, -0.25) is 4.98 Å². The van der Waals surface area contributed by atoms with Gasteiger partial charge < -0.3 is 35.4 Å². The summed E-state index contributed by atoms with van der Waals surface area (Å²) < 4.78 is 5.35. The fourth-order valence-corrected chi connectivity index (χ4v) is 4.49. The molecular weight excluding hydrogens is 490 g/mol. The molecule has 4 rings (SSSR count). The number of benzene rings is 2. The maximum atomic E-state index is 11.0. The number of aliphatic hydroxyl groups is 2. The summed E-state index contributed by atoms with van der Waals surface area (Å²) in [7, 11) is 1.65. The van der Waals surface area contributed by atoms with Gasteiger partial charge in [-0.25, -0.2) is 9.59 Å². The SMILES string of the molecule is COc1ccc2nccc([C@@H](O)CN3CCC(NCC(O)Cc4ccccc4)CC3)c2c1.O=C(O)C(=O)O. The van der Waals surface area contributed by atoms with Crippen molar-refractivity contribution >= 4 is 22.8 Å². The number of piperidine rings is 1. The average molecular weight is 526 g/mol. The highest BCUT2D eigenvalue weighted by Gasteiger charge is 2.23. The van der Waals surface area contributed by atoms with E-state index in [2.05, 4.69) is 27.3 Å². The van der Waals surface area contributed by atoms with Crippen LogP contribution in [0.4, 0.5) is 0 Å². The second-order valence-electron chi connectivity index (χ2n) is 9.24. The van der Waals surface area contributed by atoms with Crippen molar-refractivity contribution in [2.45, 2.75) is 37.5 Å². The van der Waals surface area contributed by atoms with Gasteiger partial charge in [0, 0.05) is 30.7 Å². The number of β-amino-alcohol motifs (C(OH)–C–C–N with tert-alkyl or cyclic N) is 1. The highest BCUT2D eigenvalue weighted by molar-refractivity contribution is 6.27. The number of carboxylic acids is 2. The molecule has 1 fully saturated rings. The summed E-state index contributed by atoms with van der Waals surface area (Å²) in [4.78, 5) is 24.9. The minimum Gasteiger partial charge on any atom is -0.497 e. The van der Waals surface area contributed by atoms with Crippen LogP contribution >= 0.6 is 0 Å². The molecule has 0 radical (unpaired) electrons. The topological polar surface area (TPSA) is 152 Å². The predicted molar refractivity (Wildman–Crippen MR) is 142 cm³/mol. The van der Waals surface area contributed by atoms with Crippen LogP contribution in [0.15, 0.2) is 60.8 Å². The molecule has 0 saturated carbocycles. The van der Waals surface area contributed by atoms with E-state index in [0.717, 1.165) is 53.7 Å². The predicted octanol–water partition coefficient (Wildman–Crippen LogP) is 2.09. The Hall–Kier alpha value is -3.57. The first-order chi connectivity index (χ1) is 18.3. The molecule has 10 nitrogen and oxygen atoms in total. The fourth-order valence-electron chi connectivity index (χ4n) is 4.49. The number of carboxylic acid groups (broad SMARTS) is 2. The molecule has 5 N–H and O–H groups in total. The second kappa shape index (κ2) is 14.4. The number of hydrogen-bond acceptors (Lipinski definition) is 8. The Morgan fingerprint density at radius 3 is 2.37 bits per heavy atom. The second-order valence-corrected chi connectivity index (χ2v) is 9.24. The average Bonchev–Trinajstić information content (AvgIpc) is 2.92. The fraction of sp³-hybridized carbons (Fsp3) is 0.393. The third-order valence-corrected chi connectivity index (χ3v) is 6.50. The molecule has 3 aromatic rings. The van der Waals surface area contributed by atoms with Gasteiger partial charge in [0.05, 0.1) is 24.8 Å². The molecular formula is C28H35N3O7. The van der Waals surface area contributed by atoms with E-state index in [1.54, 1.807) is 13.3 Å². The Bertz CT molecular complexity index is 1170. The number of carbonyl (C=O) groups is 2. The summed E-state index contributed by atoms with van der Waals surface area (Å²) in [6.45, 7) is 3.05. The number of likely N-dealkylation sites (tertiary alicyclic amines) is 1. The molecule has 10 heteroatoms. The van der Waals surface area contributed by atoms with Crippen molar-refractivity contribution in [3.8, 4) is 5.75 Å². The van der Waals surface area contributed by atoms with Crippen LogP contribution in [0.2, 0.25) is 0 Å². The minimum atomic E-state index is -1.82. The van der Waals surface area contributed by atoms with Crippen LogP contribution in [0.5, 0.6) is 5.75 Å². The number of aromatic nitrogens is 1. The lowest BCUT2D eigenvalue weighted by molar-refractivity contribution is -0.159. The summed E-state index contributed by atoms with van der Waals surface area (Å²) >= 11 is 0. The van der Waals surface area contributed by atoms with Crippen LogP contribution in [-0.4, -0.2) is 87.7 Å². The van der Waals surface area contributed by atoms with Crippen LogP contribution in [0.3, 0.4) is 0 Å². The van der Waals surface area contributed by atoms with E-state index in [0.29, 0.717) is 25.6 Å². The van der Waals surface area contributed by atoms with Gasteiger partial charge >= 0.3 is 11.9 Å². The summed E-state index contributed by atoms with van der Waals surface area (Å²) in [6, 6.07) is 18.2. The summed E-state index contributed by atoms with van der Waals surface area (Å²) in [6.07, 6.45) is 3.48. The number of nitrogens with zero attached hydrogens (tertiary/aromatic N) is 2. The van der Waals surface area contributed by atoms with Gasteiger partial charge in [-0.2, -0.15) is 0 Å². The normalized spacial score (nSPS) is 15.8. The molecule has 0 amide bonds. The molecule has 2 atom stereocenters. The van der Waals surface area contributed by atoms with E-state index in [-0.39, 0.29) is 6.10 Å². The van der Waals surface area contributed by atoms with E-state index in [1.807, 2.05) is 42.5 Å². The van der Waals surface area contributed by atoms with Gasteiger partial charge in [-0.05, 0) is 67.7 Å². The first-order valence-electron chi connectivity index (χ1n) is 12.5. The van der Waals surface area contributed by atoms with Crippen LogP contribution in [-0.2, 0) is 16.0 Å².